The van der Waals surface area contributed by atoms with Crippen LogP contribution >= 0.6 is 0 Å². The second-order valence-electron chi connectivity index (χ2n) is 5.86. The molecule has 0 aliphatic rings. The number of aliphatic hydroxyl groups excluding tert-OH is 1. The summed E-state index contributed by atoms with van der Waals surface area (Å²) in [6.45, 7) is 9.03. The van der Waals surface area contributed by atoms with Gasteiger partial charge in [0.2, 0.25) is 0 Å². The van der Waals surface area contributed by atoms with Crippen molar-refractivity contribution in [3.63, 3.8) is 0 Å². The van der Waals surface area contributed by atoms with Crippen molar-refractivity contribution in [2.45, 2.75) is 51.9 Å². The zero-order chi connectivity index (χ0) is 14.3. The Morgan fingerprint density at radius 3 is 2.37 bits per heavy atom. The molecule has 0 aliphatic carbocycles. The monoisotopic (exact) mass is 265 g/mol. The second-order valence-corrected chi connectivity index (χ2v) is 5.86. The van der Waals surface area contributed by atoms with Crippen LogP contribution in [-0.2, 0) is 4.74 Å². The van der Waals surface area contributed by atoms with Gasteiger partial charge in [-0.3, -0.25) is 0 Å². The molecule has 0 saturated carbocycles. The van der Waals surface area contributed by atoms with Gasteiger partial charge in [0.15, 0.2) is 0 Å². The molecule has 0 spiro atoms. The Bertz CT molecular complexity index is 346. The molecule has 0 heterocycles. The molecular weight excluding hydrogens is 238 g/mol. The highest BCUT2D eigenvalue weighted by Gasteiger charge is 2.15. The van der Waals surface area contributed by atoms with E-state index in [1.165, 1.54) is 5.56 Å². The lowest BCUT2D eigenvalue weighted by atomic mass is 10.0. The van der Waals surface area contributed by atoms with Crippen LogP contribution in [0.4, 0.5) is 0 Å². The fraction of sp³-hybridized carbons (Fsp3) is 0.625. The quantitative estimate of drug-likeness (QED) is 0.796. The first-order chi connectivity index (χ1) is 8.92. The molecule has 0 aromatic heterocycles. The van der Waals surface area contributed by atoms with E-state index in [0.717, 1.165) is 6.42 Å². The molecule has 108 valence electrons. The van der Waals surface area contributed by atoms with Crippen molar-refractivity contribution in [2.75, 3.05) is 13.2 Å². The van der Waals surface area contributed by atoms with Crippen LogP contribution in [0.25, 0.3) is 0 Å². The molecule has 0 aliphatic heterocycles. The predicted molar refractivity (Wildman–Crippen MR) is 79.2 cm³/mol. The standard InChI is InChI=1S/C16H27NO2/c1-5-15(13-9-7-6-8-10-13)17-11-14(18)12-19-16(2,3)4/h6-10,14-15,17-18H,5,11-12H2,1-4H3. The lowest BCUT2D eigenvalue weighted by Crippen LogP contribution is -2.35. The van der Waals surface area contributed by atoms with E-state index < -0.39 is 6.10 Å². The third kappa shape index (κ3) is 6.71. The minimum absolute atomic E-state index is 0.204. The Morgan fingerprint density at radius 1 is 1.21 bits per heavy atom. The summed E-state index contributed by atoms with van der Waals surface area (Å²) in [6, 6.07) is 10.6. The van der Waals surface area contributed by atoms with E-state index in [-0.39, 0.29) is 11.6 Å². The molecular formula is C16H27NO2. The molecule has 0 amide bonds. The molecule has 1 aromatic carbocycles. The molecule has 0 radical (unpaired) electrons. The Morgan fingerprint density at radius 2 is 1.84 bits per heavy atom. The summed E-state index contributed by atoms with van der Waals surface area (Å²) < 4.78 is 5.57. The van der Waals surface area contributed by atoms with Gasteiger partial charge < -0.3 is 15.2 Å². The summed E-state index contributed by atoms with van der Waals surface area (Å²) in [5.41, 5.74) is 1.05. The number of aliphatic hydroxyl groups is 1. The maximum Gasteiger partial charge on any atom is 0.0898 e. The SMILES string of the molecule is CCC(NCC(O)COC(C)(C)C)c1ccccc1. The van der Waals surface area contributed by atoms with Crippen LogP contribution in [0, 0.1) is 0 Å². The van der Waals surface area contributed by atoms with Gasteiger partial charge in [0.1, 0.15) is 0 Å². The first kappa shape index (κ1) is 16.2. The summed E-state index contributed by atoms with van der Waals surface area (Å²) in [4.78, 5) is 0. The summed E-state index contributed by atoms with van der Waals surface area (Å²) >= 11 is 0. The molecule has 1 rings (SSSR count). The van der Waals surface area contributed by atoms with Crippen LogP contribution in [0.2, 0.25) is 0 Å². The van der Waals surface area contributed by atoms with Crippen LogP contribution in [0.15, 0.2) is 30.3 Å². The average molecular weight is 265 g/mol. The van der Waals surface area contributed by atoms with Gasteiger partial charge in [0.25, 0.3) is 0 Å². The van der Waals surface area contributed by atoms with E-state index in [1.54, 1.807) is 0 Å². The highest BCUT2D eigenvalue weighted by molar-refractivity contribution is 5.18. The smallest absolute Gasteiger partial charge is 0.0898 e. The molecule has 1 aromatic rings. The maximum atomic E-state index is 9.92. The molecule has 3 heteroatoms. The van der Waals surface area contributed by atoms with Gasteiger partial charge in [0.05, 0.1) is 18.3 Å². The van der Waals surface area contributed by atoms with E-state index >= 15 is 0 Å². The van der Waals surface area contributed by atoms with Gasteiger partial charge in [0, 0.05) is 12.6 Å². The molecule has 2 N–H and O–H groups in total. The Kier molecular flexibility index (Phi) is 6.49. The second kappa shape index (κ2) is 7.63. The van der Waals surface area contributed by atoms with Gasteiger partial charge in [-0.1, -0.05) is 37.3 Å². The molecule has 3 nitrogen and oxygen atoms in total. The van der Waals surface area contributed by atoms with Crippen LogP contribution in [0.1, 0.15) is 45.7 Å². The van der Waals surface area contributed by atoms with Gasteiger partial charge in [-0.25, -0.2) is 0 Å². The summed E-state index contributed by atoms with van der Waals surface area (Å²) in [6.07, 6.45) is 0.522. The largest absolute Gasteiger partial charge is 0.389 e. The highest BCUT2D eigenvalue weighted by atomic mass is 16.5. The van der Waals surface area contributed by atoms with E-state index in [1.807, 2.05) is 39.0 Å². The first-order valence-electron chi connectivity index (χ1n) is 7.02. The molecule has 2 unspecified atom stereocenters. The fourth-order valence-corrected chi connectivity index (χ4v) is 1.87. The zero-order valence-electron chi connectivity index (χ0n) is 12.5. The Labute approximate surface area is 117 Å². The van der Waals surface area contributed by atoms with Crippen LogP contribution in [0.5, 0.6) is 0 Å². The molecule has 0 saturated heterocycles. The third-order valence-corrected chi connectivity index (χ3v) is 2.92. The summed E-state index contributed by atoms with van der Waals surface area (Å²) in [7, 11) is 0. The minimum Gasteiger partial charge on any atom is -0.389 e. The Balaban J connectivity index is 2.37. The van der Waals surface area contributed by atoms with Crippen molar-refractivity contribution in [1.29, 1.82) is 0 Å². The van der Waals surface area contributed by atoms with E-state index in [4.69, 9.17) is 4.74 Å². The topological polar surface area (TPSA) is 41.5 Å². The van der Waals surface area contributed by atoms with E-state index in [9.17, 15) is 5.11 Å². The van der Waals surface area contributed by atoms with Crippen LogP contribution in [0.3, 0.4) is 0 Å². The van der Waals surface area contributed by atoms with Crippen LogP contribution in [-0.4, -0.2) is 30.0 Å². The minimum atomic E-state index is -0.475. The highest BCUT2D eigenvalue weighted by Crippen LogP contribution is 2.15. The molecule has 0 bridgehead atoms. The van der Waals surface area contributed by atoms with Crippen molar-refractivity contribution >= 4 is 0 Å². The van der Waals surface area contributed by atoms with Gasteiger partial charge >= 0.3 is 0 Å². The summed E-state index contributed by atoms with van der Waals surface area (Å²) in [5, 5.41) is 13.3. The van der Waals surface area contributed by atoms with Gasteiger partial charge in [-0.2, -0.15) is 0 Å². The fourth-order valence-electron chi connectivity index (χ4n) is 1.87. The number of rotatable bonds is 7. The average Bonchev–Trinajstić information content (AvgIpc) is 2.37. The molecule has 19 heavy (non-hydrogen) atoms. The normalized spacial score (nSPS) is 15.2. The number of hydrogen-bond acceptors (Lipinski definition) is 3. The lowest BCUT2D eigenvalue weighted by molar-refractivity contribution is -0.0484. The first-order valence-corrected chi connectivity index (χ1v) is 7.02. The third-order valence-electron chi connectivity index (χ3n) is 2.92. The number of nitrogens with one attached hydrogen (secondary N) is 1. The van der Waals surface area contributed by atoms with E-state index in [2.05, 4.69) is 24.4 Å². The van der Waals surface area contributed by atoms with Crippen molar-refractivity contribution < 1.29 is 9.84 Å². The van der Waals surface area contributed by atoms with Gasteiger partial charge in [-0.15, -0.1) is 0 Å². The van der Waals surface area contributed by atoms with Crippen LogP contribution < -0.4 is 5.32 Å². The number of benzene rings is 1. The number of hydrogen-bond donors (Lipinski definition) is 2. The van der Waals surface area contributed by atoms with Crippen molar-refractivity contribution in [1.82, 2.24) is 5.32 Å². The van der Waals surface area contributed by atoms with Gasteiger partial charge in [-0.05, 0) is 32.8 Å². The van der Waals surface area contributed by atoms with E-state index in [0.29, 0.717) is 13.2 Å². The molecule has 2 atom stereocenters. The number of ether oxygens (including phenoxy) is 1. The van der Waals surface area contributed by atoms with Crippen molar-refractivity contribution in [2.24, 2.45) is 0 Å². The maximum absolute atomic E-state index is 9.92. The predicted octanol–water partition coefficient (Wildman–Crippen LogP) is 2.90. The lowest BCUT2D eigenvalue weighted by Gasteiger charge is -2.24. The zero-order valence-corrected chi connectivity index (χ0v) is 12.5. The van der Waals surface area contributed by atoms with Crippen molar-refractivity contribution in [3.8, 4) is 0 Å². The summed E-state index contributed by atoms with van der Waals surface area (Å²) in [5.74, 6) is 0. The molecule has 0 fully saturated rings. The van der Waals surface area contributed by atoms with Crippen molar-refractivity contribution in [3.05, 3.63) is 35.9 Å². The Hall–Kier alpha value is -0.900.